The molecule has 1 aromatic carbocycles. The zero-order valence-corrected chi connectivity index (χ0v) is 14.7. The quantitative estimate of drug-likeness (QED) is 0.721. The number of alkyl halides is 1. The van der Waals surface area contributed by atoms with Crippen LogP contribution in [0.25, 0.3) is 0 Å². The number of aryl methyl sites for hydroxylation is 2. The molecule has 0 fully saturated rings. The zero-order chi connectivity index (χ0) is 15.5. The lowest BCUT2D eigenvalue weighted by Crippen LogP contribution is -2.38. The van der Waals surface area contributed by atoms with Gasteiger partial charge in [0.2, 0.25) is 10.0 Å². The summed E-state index contributed by atoms with van der Waals surface area (Å²) in [5, 5.41) is 0.743. The van der Waals surface area contributed by atoms with E-state index in [9.17, 15) is 12.8 Å². The number of hydrogen-bond donors (Lipinski definition) is 0. The van der Waals surface area contributed by atoms with E-state index in [0.717, 1.165) is 11.8 Å². The average Bonchev–Trinajstić information content (AvgIpc) is 2.26. The molecule has 0 radical (unpaired) electrons. The smallest absolute Gasteiger partial charge is 0.207 e. The van der Waals surface area contributed by atoms with Crippen LogP contribution < -0.4 is 0 Å². The Balaban J connectivity index is 3.34. The van der Waals surface area contributed by atoms with Crippen molar-refractivity contribution in [2.75, 3.05) is 11.9 Å². The van der Waals surface area contributed by atoms with Crippen LogP contribution in [0.2, 0.25) is 0 Å². The first-order valence-electron chi connectivity index (χ1n) is 6.56. The van der Waals surface area contributed by atoms with Crippen molar-refractivity contribution in [2.45, 2.75) is 45.1 Å². The Labute approximate surface area is 129 Å². The molecule has 0 aliphatic carbocycles. The van der Waals surface area contributed by atoms with Gasteiger partial charge >= 0.3 is 0 Å². The highest BCUT2D eigenvalue weighted by molar-refractivity contribution is 9.09. The number of benzene rings is 1. The molecule has 0 bridgehead atoms. The molecule has 0 aliphatic rings. The van der Waals surface area contributed by atoms with E-state index in [4.69, 9.17) is 0 Å². The summed E-state index contributed by atoms with van der Waals surface area (Å²) in [4.78, 5) is 0.224. The van der Waals surface area contributed by atoms with Crippen molar-refractivity contribution in [3.63, 3.8) is 0 Å². The monoisotopic (exact) mass is 365 g/mol. The summed E-state index contributed by atoms with van der Waals surface area (Å²) in [7, 11) is -3.60. The Bertz CT molecular complexity index is 550. The van der Waals surface area contributed by atoms with Crippen LogP contribution in [0.3, 0.4) is 0 Å². The highest BCUT2D eigenvalue weighted by Gasteiger charge is 2.29. The van der Waals surface area contributed by atoms with Crippen molar-refractivity contribution in [1.82, 2.24) is 4.31 Å². The van der Waals surface area contributed by atoms with Crippen molar-refractivity contribution in [3.8, 4) is 0 Å². The van der Waals surface area contributed by atoms with Crippen LogP contribution in [0.4, 0.5) is 4.39 Å². The molecule has 0 amide bonds. The Morgan fingerprint density at radius 3 is 2.15 bits per heavy atom. The van der Waals surface area contributed by atoms with Crippen LogP contribution in [0, 0.1) is 19.7 Å². The fourth-order valence-corrected chi connectivity index (χ4v) is 4.63. The largest absolute Gasteiger partial charge is 0.243 e. The van der Waals surface area contributed by atoms with Gasteiger partial charge in [-0.1, -0.05) is 15.9 Å². The van der Waals surface area contributed by atoms with E-state index in [1.165, 1.54) is 16.4 Å². The van der Waals surface area contributed by atoms with Crippen LogP contribution in [-0.4, -0.2) is 30.6 Å². The number of nitrogens with zero attached hydrogens (tertiary/aromatic N) is 1. The Morgan fingerprint density at radius 2 is 1.75 bits per heavy atom. The van der Waals surface area contributed by atoms with Gasteiger partial charge in [-0.3, -0.25) is 0 Å². The second-order valence-corrected chi connectivity index (χ2v) is 7.74. The molecule has 0 saturated heterocycles. The Hall–Kier alpha value is -0.460. The lowest BCUT2D eigenvalue weighted by molar-refractivity contribution is 0.355. The third-order valence-electron chi connectivity index (χ3n) is 3.08. The SMILES string of the molecule is Cc1cc(F)cc(C)c1S(=O)(=O)N(CCCBr)C(C)C. The molecule has 1 rings (SSSR count). The lowest BCUT2D eigenvalue weighted by Gasteiger charge is -2.27. The zero-order valence-electron chi connectivity index (χ0n) is 12.3. The summed E-state index contributed by atoms with van der Waals surface area (Å²) < 4.78 is 40.5. The van der Waals surface area contributed by atoms with E-state index in [2.05, 4.69) is 15.9 Å². The Morgan fingerprint density at radius 1 is 1.25 bits per heavy atom. The second kappa shape index (κ2) is 7.00. The number of rotatable bonds is 6. The first-order valence-corrected chi connectivity index (χ1v) is 9.12. The van der Waals surface area contributed by atoms with Gasteiger partial charge in [0.1, 0.15) is 5.82 Å². The van der Waals surface area contributed by atoms with Gasteiger partial charge in [0.25, 0.3) is 0 Å². The van der Waals surface area contributed by atoms with Crippen LogP contribution in [0.15, 0.2) is 17.0 Å². The van der Waals surface area contributed by atoms with E-state index in [1.54, 1.807) is 13.8 Å². The maximum Gasteiger partial charge on any atom is 0.243 e. The highest BCUT2D eigenvalue weighted by Crippen LogP contribution is 2.26. The first kappa shape index (κ1) is 17.6. The van der Waals surface area contributed by atoms with E-state index < -0.39 is 15.8 Å². The van der Waals surface area contributed by atoms with Crippen LogP contribution in [-0.2, 0) is 10.0 Å². The molecule has 0 N–H and O–H groups in total. The van der Waals surface area contributed by atoms with Gasteiger partial charge in [-0.25, -0.2) is 12.8 Å². The van der Waals surface area contributed by atoms with E-state index >= 15 is 0 Å². The lowest BCUT2D eigenvalue weighted by atomic mass is 10.1. The minimum absolute atomic E-state index is 0.136. The number of halogens is 2. The molecular weight excluding hydrogens is 345 g/mol. The maximum atomic E-state index is 13.3. The first-order chi connectivity index (χ1) is 9.21. The van der Waals surface area contributed by atoms with E-state index in [1.807, 2.05) is 13.8 Å². The predicted molar refractivity (Wildman–Crippen MR) is 83.3 cm³/mol. The topological polar surface area (TPSA) is 37.4 Å². The molecule has 20 heavy (non-hydrogen) atoms. The van der Waals surface area contributed by atoms with Crippen LogP contribution in [0.5, 0.6) is 0 Å². The molecule has 114 valence electrons. The van der Waals surface area contributed by atoms with Gasteiger partial charge in [0.15, 0.2) is 0 Å². The van der Waals surface area contributed by atoms with Gasteiger partial charge in [-0.2, -0.15) is 4.31 Å². The summed E-state index contributed by atoms with van der Waals surface area (Å²) in [6.45, 7) is 7.40. The fraction of sp³-hybridized carbons (Fsp3) is 0.571. The van der Waals surface area contributed by atoms with Crippen molar-refractivity contribution in [2.24, 2.45) is 0 Å². The second-order valence-electron chi connectivity index (χ2n) is 5.12. The molecule has 0 aliphatic heterocycles. The summed E-state index contributed by atoms with van der Waals surface area (Å²) in [6.07, 6.45) is 0.733. The van der Waals surface area contributed by atoms with Gasteiger partial charge in [0.05, 0.1) is 4.90 Å². The van der Waals surface area contributed by atoms with Gasteiger partial charge in [-0.05, 0) is 57.4 Å². The van der Waals surface area contributed by atoms with Crippen LogP contribution in [0.1, 0.15) is 31.4 Å². The summed E-state index contributed by atoms with van der Waals surface area (Å²) >= 11 is 3.32. The summed E-state index contributed by atoms with van der Waals surface area (Å²) in [5.41, 5.74) is 0.902. The molecule has 0 heterocycles. The summed E-state index contributed by atoms with van der Waals surface area (Å²) in [5.74, 6) is -0.407. The average molecular weight is 366 g/mol. The van der Waals surface area contributed by atoms with Gasteiger partial charge in [0, 0.05) is 17.9 Å². The molecule has 0 saturated carbocycles. The third-order valence-corrected chi connectivity index (χ3v) is 6.02. The molecule has 0 aromatic heterocycles. The Kier molecular flexibility index (Phi) is 6.16. The fourth-order valence-electron chi connectivity index (χ4n) is 2.29. The molecule has 3 nitrogen and oxygen atoms in total. The minimum atomic E-state index is -3.60. The highest BCUT2D eigenvalue weighted by atomic mass is 79.9. The van der Waals surface area contributed by atoms with Crippen molar-refractivity contribution in [3.05, 3.63) is 29.1 Å². The summed E-state index contributed by atoms with van der Waals surface area (Å²) in [6, 6.07) is 2.40. The molecule has 6 heteroatoms. The molecular formula is C14H21BrFNO2S. The number of hydrogen-bond acceptors (Lipinski definition) is 2. The van der Waals surface area contributed by atoms with Crippen molar-refractivity contribution in [1.29, 1.82) is 0 Å². The van der Waals surface area contributed by atoms with Crippen molar-refractivity contribution >= 4 is 26.0 Å². The van der Waals surface area contributed by atoms with Gasteiger partial charge in [-0.15, -0.1) is 0 Å². The third kappa shape index (κ3) is 3.80. The van der Waals surface area contributed by atoms with E-state index in [0.29, 0.717) is 17.7 Å². The van der Waals surface area contributed by atoms with Crippen molar-refractivity contribution < 1.29 is 12.8 Å². The number of sulfonamides is 1. The van der Waals surface area contributed by atoms with Gasteiger partial charge < -0.3 is 0 Å². The van der Waals surface area contributed by atoms with E-state index in [-0.39, 0.29) is 10.9 Å². The molecule has 0 spiro atoms. The maximum absolute atomic E-state index is 13.3. The molecule has 0 atom stereocenters. The predicted octanol–water partition coefficient (Wildman–Crippen LogP) is 3.63. The minimum Gasteiger partial charge on any atom is -0.207 e. The molecule has 0 unspecified atom stereocenters. The normalized spacial score (nSPS) is 12.4. The van der Waals surface area contributed by atoms with Crippen LogP contribution >= 0.6 is 15.9 Å². The molecule has 1 aromatic rings. The standard InChI is InChI=1S/C14H21BrFNO2S/c1-10(2)17(7-5-6-15)20(18,19)14-11(3)8-13(16)9-12(14)4/h8-10H,5-7H2,1-4H3.